The van der Waals surface area contributed by atoms with Crippen LogP contribution in [-0.4, -0.2) is 38.0 Å². The molecular formula is C19H36NO3P. The first-order chi connectivity index (χ1) is 11.8. The van der Waals surface area contributed by atoms with Gasteiger partial charge in [0.1, 0.15) is 1.28 Å². The maximum Gasteiger partial charge on any atom is 0.161 e. The Balaban J connectivity index is 2.17. The fourth-order valence-corrected chi connectivity index (χ4v) is 4.80. The topological polar surface area (TPSA) is 40.0 Å². The van der Waals surface area contributed by atoms with Gasteiger partial charge in [-0.05, 0) is 40.6 Å². The molecule has 4 nitrogen and oxygen atoms in total. The van der Waals surface area contributed by atoms with Crippen LogP contribution in [0.15, 0.2) is 4.74 Å². The zero-order valence-corrected chi connectivity index (χ0v) is 17.2. The van der Waals surface area contributed by atoms with Crippen molar-refractivity contribution in [1.29, 1.82) is 1.28 Å². The van der Waals surface area contributed by atoms with Gasteiger partial charge in [0.05, 0.1) is 30.5 Å². The first-order valence-corrected chi connectivity index (χ1v) is 10.1. The predicted octanol–water partition coefficient (Wildman–Crippen LogP) is 4.94. The van der Waals surface area contributed by atoms with E-state index in [1.807, 2.05) is 0 Å². The molecule has 5 heteroatoms. The Labute approximate surface area is 151 Å². The molecule has 0 N–H and O–H groups in total. The van der Waals surface area contributed by atoms with Gasteiger partial charge in [-0.15, -0.1) is 0 Å². The van der Waals surface area contributed by atoms with Crippen LogP contribution in [0.1, 0.15) is 61.3 Å². The Kier molecular flexibility index (Phi) is 6.70. The number of rotatable bonds is 5. The first kappa shape index (κ1) is 18.8. The van der Waals surface area contributed by atoms with Crippen LogP contribution in [0, 0.1) is 23.7 Å². The van der Waals surface area contributed by atoms with Gasteiger partial charge in [-0.1, -0.05) is 41.5 Å². The molecule has 140 valence electrons. The van der Waals surface area contributed by atoms with Crippen LogP contribution in [0.5, 0.6) is 0 Å². The third kappa shape index (κ3) is 3.87. The van der Waals surface area contributed by atoms with E-state index in [-0.39, 0.29) is 42.7 Å². The van der Waals surface area contributed by atoms with Gasteiger partial charge in [0.2, 0.25) is 0 Å². The first-order valence-electron chi connectivity index (χ1n) is 10.1. The molecule has 2 aliphatic rings. The second kappa shape index (κ2) is 8.58. The molecule has 0 aromatic rings. The van der Waals surface area contributed by atoms with Gasteiger partial charge >= 0.3 is 0 Å². The van der Waals surface area contributed by atoms with Gasteiger partial charge < -0.3 is 14.2 Å². The van der Waals surface area contributed by atoms with Gasteiger partial charge in [-0.25, -0.2) is 0 Å². The third-order valence-corrected chi connectivity index (χ3v) is 6.77. The van der Waals surface area contributed by atoms with Crippen LogP contribution in [0.25, 0.3) is 0 Å². The van der Waals surface area contributed by atoms with E-state index in [0.29, 0.717) is 26.7 Å². The monoisotopic (exact) mass is 360 g/mol. The molecule has 2 aliphatic heterocycles. The summed E-state index contributed by atoms with van der Waals surface area (Å²) in [6.07, 6.45) is 2.04. The van der Waals surface area contributed by atoms with Crippen LogP contribution in [-0.2, 0) is 14.2 Å². The second-order valence-corrected chi connectivity index (χ2v) is 8.11. The van der Waals surface area contributed by atoms with E-state index in [9.17, 15) is 0 Å². The molecule has 4 unspecified atom stereocenters. The van der Waals surface area contributed by atoms with Crippen molar-refractivity contribution in [2.75, 3.05) is 0 Å². The van der Waals surface area contributed by atoms with Crippen molar-refractivity contribution < 1.29 is 14.2 Å². The zero-order chi connectivity index (χ0) is 18.7. The molecule has 0 aromatic carbocycles. The summed E-state index contributed by atoms with van der Waals surface area (Å²) in [5.74, 6) is 1.69. The minimum atomic E-state index is -0.191. The number of ether oxygens (including phenoxy) is 3. The lowest BCUT2D eigenvalue weighted by Gasteiger charge is -2.48. The van der Waals surface area contributed by atoms with Crippen molar-refractivity contribution in [3.8, 4) is 0 Å². The summed E-state index contributed by atoms with van der Waals surface area (Å²) >= 11 is 0. The highest BCUT2D eigenvalue weighted by Crippen LogP contribution is 2.40. The minimum Gasteiger partial charge on any atom is -0.370 e. The lowest BCUT2D eigenvalue weighted by atomic mass is 9.78. The smallest absolute Gasteiger partial charge is 0.161 e. The molecule has 2 fully saturated rings. The molecule has 2 rings (SSSR count). The van der Waals surface area contributed by atoms with Crippen molar-refractivity contribution >= 4 is 8.98 Å². The third-order valence-electron chi connectivity index (χ3n) is 6.51. The van der Waals surface area contributed by atoms with Crippen LogP contribution < -0.4 is 0 Å². The number of hydrogen-bond donors (Lipinski definition) is 0. The highest BCUT2D eigenvalue weighted by atomic mass is 31.0. The fraction of sp³-hybridized carbons (Fsp3) is 1.00. The maximum atomic E-state index is 7.45. The molecule has 0 aromatic heterocycles. The standard InChI is InChI=1S/C19H36NO3P/c1-8-15-11(4)10(3)12(5)19(22-15)23-18-13(6)17(20-24)14(7)21-16(18)9-2/h10-19,24H,8-9H2,1-7H3/t10?,11-,12-,13?,14-,15?,16?,17-,18-,19-/m0/s1. The SMILES string of the molecule is [4H]/P=N\[C@H]1C(C)[C@H](O[C@@H]2OC(CC)[C@@H](C)C(C)[C@@H]2C)C(CC)O[C@H]1C. The van der Waals surface area contributed by atoms with Gasteiger partial charge in [0, 0.05) is 11.8 Å². The maximum absolute atomic E-state index is 7.45. The number of hydrogen-bond acceptors (Lipinski definition) is 4. The summed E-state index contributed by atoms with van der Waals surface area (Å²) in [5.41, 5.74) is 0. The highest BCUT2D eigenvalue weighted by Gasteiger charge is 2.46. The molecule has 24 heavy (non-hydrogen) atoms. The Bertz CT molecular complexity index is 450. The molecular weight excluding hydrogens is 321 g/mol. The molecule has 2 saturated heterocycles. The lowest BCUT2D eigenvalue weighted by molar-refractivity contribution is -0.295. The Morgan fingerprint density at radius 3 is 2.17 bits per heavy atom. The van der Waals surface area contributed by atoms with Gasteiger partial charge in [0.15, 0.2) is 6.29 Å². The van der Waals surface area contributed by atoms with Crippen molar-refractivity contribution in [3.63, 3.8) is 0 Å². The van der Waals surface area contributed by atoms with Crippen molar-refractivity contribution in [2.45, 2.75) is 98.1 Å². The molecule has 0 aliphatic carbocycles. The van der Waals surface area contributed by atoms with Crippen molar-refractivity contribution in [3.05, 3.63) is 0 Å². The van der Waals surface area contributed by atoms with Crippen LogP contribution in [0.3, 0.4) is 0 Å². The summed E-state index contributed by atoms with van der Waals surface area (Å²) in [6, 6.07) is 0.00387. The van der Waals surface area contributed by atoms with Crippen molar-refractivity contribution in [1.82, 2.24) is 0 Å². The average molecular weight is 360 g/mol. The zero-order valence-electron chi connectivity index (χ0n) is 17.3. The van der Waals surface area contributed by atoms with E-state index in [4.69, 9.17) is 15.5 Å². The van der Waals surface area contributed by atoms with E-state index in [1.54, 1.807) is 0 Å². The Morgan fingerprint density at radius 1 is 0.917 bits per heavy atom. The van der Waals surface area contributed by atoms with Crippen LogP contribution in [0.2, 0.25) is 0 Å². The number of nitrogens with zero attached hydrogens (tertiary/aromatic N) is 1. The summed E-state index contributed by atoms with van der Waals surface area (Å²) in [7, 11) is 0.314. The molecule has 0 saturated carbocycles. The Hall–Kier alpha value is -0.0200. The van der Waals surface area contributed by atoms with Gasteiger partial charge in [-0.3, -0.25) is 4.74 Å². The van der Waals surface area contributed by atoms with E-state index in [2.05, 4.69) is 53.2 Å². The summed E-state index contributed by atoms with van der Waals surface area (Å²) in [5, 5.41) is 0. The van der Waals surface area contributed by atoms with Crippen LogP contribution >= 0.6 is 8.98 Å². The predicted molar refractivity (Wildman–Crippen MR) is 99.6 cm³/mol. The average Bonchev–Trinajstić information content (AvgIpc) is 2.60. The van der Waals surface area contributed by atoms with E-state index < -0.39 is 0 Å². The van der Waals surface area contributed by atoms with E-state index in [1.165, 1.54) is 0 Å². The van der Waals surface area contributed by atoms with Gasteiger partial charge in [0.25, 0.3) is 0 Å². The summed E-state index contributed by atoms with van der Waals surface area (Å²) in [4.78, 5) is 0. The molecule has 0 spiro atoms. The highest BCUT2D eigenvalue weighted by molar-refractivity contribution is 7.04. The van der Waals surface area contributed by atoms with E-state index >= 15 is 0 Å². The van der Waals surface area contributed by atoms with Crippen LogP contribution in [0.4, 0.5) is 0 Å². The fourth-order valence-electron chi connectivity index (χ4n) is 4.40. The Morgan fingerprint density at radius 2 is 1.58 bits per heavy atom. The molecule has 0 bridgehead atoms. The largest absolute Gasteiger partial charge is 0.370 e. The minimum absolute atomic E-state index is 0.00387. The quantitative estimate of drug-likeness (QED) is 0.652. The molecule has 0 amide bonds. The summed E-state index contributed by atoms with van der Waals surface area (Å²) in [6.45, 7) is 15.4. The summed E-state index contributed by atoms with van der Waals surface area (Å²) < 4.78 is 31.0. The van der Waals surface area contributed by atoms with Crippen molar-refractivity contribution in [2.24, 2.45) is 28.4 Å². The second-order valence-electron chi connectivity index (χ2n) is 7.88. The normalized spacial score (nSPS) is 50.9. The molecule has 2 heterocycles. The van der Waals surface area contributed by atoms with E-state index in [0.717, 1.165) is 12.8 Å². The van der Waals surface area contributed by atoms with Gasteiger partial charge in [-0.2, -0.15) is 0 Å². The molecule has 0 radical (unpaired) electrons. The lowest BCUT2D eigenvalue weighted by Crippen LogP contribution is -2.55. The molecule has 10 atom stereocenters.